The van der Waals surface area contributed by atoms with Crippen LogP contribution in [0.3, 0.4) is 0 Å². The molecule has 0 fully saturated rings. The Morgan fingerprint density at radius 2 is 1.31 bits per heavy atom. The second-order valence-electron chi connectivity index (χ2n) is 3.87. The molecule has 90 valence electrons. The number of hydrogen-bond donors (Lipinski definition) is 0. The Bertz CT molecular complexity index is 218. The maximum Gasteiger partial charge on any atom is -0.0169 e. The normalized spacial score (nSPS) is 12.1. The maximum atomic E-state index is 3.72. The molecule has 0 bridgehead atoms. The minimum absolute atomic E-state index is 1.07. The summed E-state index contributed by atoms with van der Waals surface area (Å²) in [5.41, 5.74) is 0. The predicted molar refractivity (Wildman–Crippen MR) is 75.6 cm³/mol. The molecule has 0 aromatic heterocycles. The van der Waals surface area contributed by atoms with Crippen LogP contribution in [0.1, 0.15) is 51.9 Å². The van der Waals surface area contributed by atoms with Gasteiger partial charge in [0.15, 0.2) is 0 Å². The molecule has 0 heteroatoms. The SMILES string of the molecule is C=CCCCC/C=C/C/C=C/C/C=C/CC. The molecule has 0 atom stereocenters. The van der Waals surface area contributed by atoms with Crippen molar-refractivity contribution in [1.29, 1.82) is 0 Å². The van der Waals surface area contributed by atoms with Crippen molar-refractivity contribution in [3.63, 3.8) is 0 Å². The van der Waals surface area contributed by atoms with Crippen LogP contribution in [0.15, 0.2) is 49.1 Å². The van der Waals surface area contributed by atoms with Gasteiger partial charge in [0.25, 0.3) is 0 Å². The molecule has 0 spiro atoms. The van der Waals surface area contributed by atoms with Gasteiger partial charge in [-0.3, -0.25) is 0 Å². The van der Waals surface area contributed by atoms with E-state index in [2.05, 4.69) is 50.0 Å². The first kappa shape index (κ1) is 15.0. The Morgan fingerprint density at radius 3 is 1.94 bits per heavy atom. The molecule has 0 heterocycles. The van der Waals surface area contributed by atoms with Gasteiger partial charge in [0.2, 0.25) is 0 Å². The van der Waals surface area contributed by atoms with Crippen molar-refractivity contribution in [3.8, 4) is 0 Å². The molecule has 0 aliphatic carbocycles. The molecular weight excluding hydrogens is 192 g/mol. The van der Waals surface area contributed by atoms with Gasteiger partial charge in [-0.15, -0.1) is 6.58 Å². The van der Waals surface area contributed by atoms with Gasteiger partial charge in [0.1, 0.15) is 0 Å². The highest BCUT2D eigenvalue weighted by Gasteiger charge is 1.81. The third-order valence-electron chi connectivity index (χ3n) is 2.31. The van der Waals surface area contributed by atoms with E-state index in [0.717, 1.165) is 25.7 Å². The second kappa shape index (κ2) is 14.0. The van der Waals surface area contributed by atoms with Crippen molar-refractivity contribution < 1.29 is 0 Å². The van der Waals surface area contributed by atoms with Crippen molar-refractivity contribution in [1.82, 2.24) is 0 Å². The van der Waals surface area contributed by atoms with Crippen LogP contribution in [0, 0.1) is 0 Å². The fourth-order valence-electron chi connectivity index (χ4n) is 1.38. The number of unbranched alkanes of at least 4 members (excludes halogenated alkanes) is 3. The lowest BCUT2D eigenvalue weighted by Crippen LogP contribution is -1.71. The smallest absolute Gasteiger partial charge is 0.0169 e. The molecule has 0 aliphatic rings. The van der Waals surface area contributed by atoms with E-state index in [-0.39, 0.29) is 0 Å². The summed E-state index contributed by atoms with van der Waals surface area (Å²) in [5.74, 6) is 0. The Balaban J connectivity index is 3.26. The lowest BCUT2D eigenvalue weighted by molar-refractivity contribution is 0.762. The van der Waals surface area contributed by atoms with Crippen LogP contribution in [0.2, 0.25) is 0 Å². The van der Waals surface area contributed by atoms with Gasteiger partial charge in [0, 0.05) is 0 Å². The largest absolute Gasteiger partial charge is 0.103 e. The lowest BCUT2D eigenvalue weighted by atomic mass is 10.2. The molecule has 0 saturated carbocycles. The third-order valence-corrected chi connectivity index (χ3v) is 2.31. The summed E-state index contributed by atoms with van der Waals surface area (Å²) in [4.78, 5) is 0. The fraction of sp³-hybridized carbons (Fsp3) is 0.500. The molecule has 0 unspecified atom stereocenters. The number of hydrogen-bond acceptors (Lipinski definition) is 0. The molecule has 0 aromatic rings. The first-order chi connectivity index (χ1) is 7.91. The summed E-state index contributed by atoms with van der Waals surface area (Å²) in [7, 11) is 0. The Kier molecular flexibility index (Phi) is 13.1. The Labute approximate surface area is 101 Å². The van der Waals surface area contributed by atoms with E-state index in [4.69, 9.17) is 0 Å². The van der Waals surface area contributed by atoms with Crippen LogP contribution >= 0.6 is 0 Å². The summed E-state index contributed by atoms with van der Waals surface area (Å²) in [6.45, 7) is 5.88. The average molecular weight is 218 g/mol. The molecule has 0 N–H and O–H groups in total. The van der Waals surface area contributed by atoms with Gasteiger partial charge in [-0.2, -0.15) is 0 Å². The first-order valence-corrected chi connectivity index (χ1v) is 6.47. The molecular formula is C16H26. The molecule has 0 amide bonds. The average Bonchev–Trinajstić information content (AvgIpc) is 2.31. The fourth-order valence-corrected chi connectivity index (χ4v) is 1.38. The zero-order valence-corrected chi connectivity index (χ0v) is 10.7. The van der Waals surface area contributed by atoms with E-state index in [1.807, 2.05) is 6.08 Å². The molecule has 16 heavy (non-hydrogen) atoms. The van der Waals surface area contributed by atoms with Crippen LogP contribution in [-0.2, 0) is 0 Å². The zero-order valence-electron chi connectivity index (χ0n) is 10.7. The number of rotatable bonds is 10. The van der Waals surface area contributed by atoms with Crippen LogP contribution < -0.4 is 0 Å². The van der Waals surface area contributed by atoms with Crippen molar-refractivity contribution in [2.75, 3.05) is 0 Å². The van der Waals surface area contributed by atoms with Crippen LogP contribution in [0.5, 0.6) is 0 Å². The van der Waals surface area contributed by atoms with E-state index in [9.17, 15) is 0 Å². The van der Waals surface area contributed by atoms with E-state index >= 15 is 0 Å². The first-order valence-electron chi connectivity index (χ1n) is 6.47. The van der Waals surface area contributed by atoms with Crippen LogP contribution in [0.4, 0.5) is 0 Å². The van der Waals surface area contributed by atoms with Crippen molar-refractivity contribution in [2.45, 2.75) is 51.9 Å². The molecule has 0 rings (SSSR count). The minimum atomic E-state index is 1.07. The lowest BCUT2D eigenvalue weighted by Gasteiger charge is -1.91. The van der Waals surface area contributed by atoms with Gasteiger partial charge in [-0.25, -0.2) is 0 Å². The van der Waals surface area contributed by atoms with E-state index in [1.54, 1.807) is 0 Å². The van der Waals surface area contributed by atoms with Crippen LogP contribution in [0.25, 0.3) is 0 Å². The van der Waals surface area contributed by atoms with Gasteiger partial charge in [0.05, 0.1) is 0 Å². The summed E-state index contributed by atoms with van der Waals surface area (Å²) in [6.07, 6.45) is 23.6. The van der Waals surface area contributed by atoms with Gasteiger partial charge in [-0.05, 0) is 44.9 Å². The quantitative estimate of drug-likeness (QED) is 0.331. The van der Waals surface area contributed by atoms with Crippen LogP contribution in [-0.4, -0.2) is 0 Å². The summed E-state index contributed by atoms with van der Waals surface area (Å²) < 4.78 is 0. The molecule has 0 aliphatic heterocycles. The zero-order chi connectivity index (χ0) is 11.9. The highest BCUT2D eigenvalue weighted by molar-refractivity contribution is 4.96. The molecule has 0 nitrogen and oxygen atoms in total. The van der Waals surface area contributed by atoms with Gasteiger partial charge in [-0.1, -0.05) is 49.5 Å². The summed E-state index contributed by atoms with van der Waals surface area (Å²) in [5, 5.41) is 0. The summed E-state index contributed by atoms with van der Waals surface area (Å²) in [6, 6.07) is 0. The van der Waals surface area contributed by atoms with Crippen molar-refractivity contribution in [3.05, 3.63) is 49.1 Å². The molecule has 0 aromatic carbocycles. The predicted octanol–water partition coefficient (Wildman–Crippen LogP) is 5.59. The second-order valence-corrected chi connectivity index (χ2v) is 3.87. The van der Waals surface area contributed by atoms with Gasteiger partial charge >= 0.3 is 0 Å². The summed E-state index contributed by atoms with van der Waals surface area (Å²) >= 11 is 0. The molecule has 0 radical (unpaired) electrons. The minimum Gasteiger partial charge on any atom is -0.103 e. The van der Waals surface area contributed by atoms with E-state index in [1.165, 1.54) is 19.3 Å². The molecule has 0 saturated heterocycles. The monoisotopic (exact) mass is 218 g/mol. The number of allylic oxidation sites excluding steroid dienone is 7. The van der Waals surface area contributed by atoms with Crippen molar-refractivity contribution in [2.24, 2.45) is 0 Å². The topological polar surface area (TPSA) is 0 Å². The van der Waals surface area contributed by atoms with E-state index in [0.29, 0.717) is 0 Å². The Hall–Kier alpha value is -1.04. The van der Waals surface area contributed by atoms with Crippen molar-refractivity contribution >= 4 is 0 Å². The Morgan fingerprint density at radius 1 is 0.750 bits per heavy atom. The highest BCUT2D eigenvalue weighted by atomic mass is 13.9. The standard InChI is InChI=1S/C16H26/c1-3-5-7-9-11-13-15-16-14-12-10-8-6-4-2/h3,6,8,12-15H,1,4-5,7,9-11,16H2,2H3/b8-6+,14-12+,15-13+. The third kappa shape index (κ3) is 13.0. The maximum absolute atomic E-state index is 3.72. The van der Waals surface area contributed by atoms with Gasteiger partial charge < -0.3 is 0 Å². The highest BCUT2D eigenvalue weighted by Crippen LogP contribution is 2.01. The van der Waals surface area contributed by atoms with E-state index < -0.39 is 0 Å².